The summed E-state index contributed by atoms with van der Waals surface area (Å²) >= 11 is 0. The molecule has 0 N–H and O–H groups in total. The van der Waals surface area contributed by atoms with Gasteiger partial charge < -0.3 is 4.74 Å². The molecule has 3 atom stereocenters. The summed E-state index contributed by atoms with van der Waals surface area (Å²) in [6.45, 7) is 12.0. The van der Waals surface area contributed by atoms with Crippen molar-refractivity contribution in [2.45, 2.75) is 47.5 Å². The van der Waals surface area contributed by atoms with Crippen LogP contribution in [0.1, 0.15) is 53.0 Å². The van der Waals surface area contributed by atoms with Crippen LogP contribution in [0.4, 0.5) is 0 Å². The molecule has 2 rings (SSSR count). The summed E-state index contributed by atoms with van der Waals surface area (Å²) in [4.78, 5) is 12.2. The minimum atomic E-state index is -0.471. The Hall–Kier alpha value is -1.57. The van der Waals surface area contributed by atoms with Gasteiger partial charge in [0.25, 0.3) is 0 Å². The number of esters is 1. The monoisotopic (exact) mass is 286 g/mol. The zero-order valence-corrected chi connectivity index (χ0v) is 13.9. The van der Waals surface area contributed by atoms with E-state index >= 15 is 0 Å². The van der Waals surface area contributed by atoms with Gasteiger partial charge in [0, 0.05) is 5.92 Å². The average Bonchev–Trinajstić information content (AvgIpc) is 3.06. The summed E-state index contributed by atoms with van der Waals surface area (Å²) in [5.41, 5.74) is 1.96. The molecule has 0 aliphatic heterocycles. The highest BCUT2D eigenvalue weighted by molar-refractivity contribution is 5.76. The molecule has 21 heavy (non-hydrogen) atoms. The molecule has 1 aliphatic rings. The number of carbonyl (C=O) groups is 1. The lowest BCUT2D eigenvalue weighted by Crippen LogP contribution is -2.23. The number of hydrogen-bond donors (Lipinski definition) is 0. The van der Waals surface area contributed by atoms with Gasteiger partial charge >= 0.3 is 5.97 Å². The predicted octanol–water partition coefficient (Wildman–Crippen LogP) is 4.92. The zero-order valence-electron chi connectivity index (χ0n) is 13.9. The molecule has 0 amide bonds. The van der Waals surface area contributed by atoms with E-state index in [0.29, 0.717) is 17.8 Å². The molecule has 0 saturated heterocycles. The van der Waals surface area contributed by atoms with E-state index in [1.807, 2.05) is 40.7 Å². The lowest BCUT2D eigenvalue weighted by molar-refractivity contribution is -0.149. The highest BCUT2D eigenvalue weighted by atomic mass is 16.5. The van der Waals surface area contributed by atoms with Crippen LogP contribution in [0.5, 0.6) is 0 Å². The Kier molecular flexibility index (Phi) is 4.27. The second kappa shape index (κ2) is 5.67. The molecule has 1 aromatic rings. The quantitative estimate of drug-likeness (QED) is 0.582. The van der Waals surface area contributed by atoms with Crippen LogP contribution in [0.3, 0.4) is 0 Å². The Morgan fingerprint density at radius 3 is 2.14 bits per heavy atom. The first-order valence-electron chi connectivity index (χ1n) is 7.68. The SMILES string of the molecule is CC(C)=C(OC(=O)C(C)(C)C)[C@@H]1[C@H](C)[C@@H]1c1ccccc1. The van der Waals surface area contributed by atoms with Crippen LogP contribution in [-0.2, 0) is 9.53 Å². The fourth-order valence-corrected chi connectivity index (χ4v) is 2.81. The molecule has 0 radical (unpaired) electrons. The van der Waals surface area contributed by atoms with Gasteiger partial charge in [-0.2, -0.15) is 0 Å². The minimum Gasteiger partial charge on any atom is -0.430 e. The molecule has 2 nitrogen and oxygen atoms in total. The zero-order chi connectivity index (χ0) is 15.8. The van der Waals surface area contributed by atoms with Crippen molar-refractivity contribution in [1.82, 2.24) is 0 Å². The Balaban J connectivity index is 2.19. The van der Waals surface area contributed by atoms with Gasteiger partial charge in [0.15, 0.2) is 0 Å². The first-order valence-corrected chi connectivity index (χ1v) is 7.68. The number of benzene rings is 1. The van der Waals surface area contributed by atoms with Crippen molar-refractivity contribution in [2.75, 3.05) is 0 Å². The molecule has 2 heteroatoms. The van der Waals surface area contributed by atoms with Gasteiger partial charge in [0.1, 0.15) is 5.76 Å². The average molecular weight is 286 g/mol. The second-order valence-electron chi connectivity index (χ2n) is 7.33. The molecule has 0 aromatic heterocycles. The molecule has 0 bridgehead atoms. The first-order chi connectivity index (χ1) is 9.73. The second-order valence-corrected chi connectivity index (χ2v) is 7.33. The molecule has 0 heterocycles. The molecule has 0 spiro atoms. The van der Waals surface area contributed by atoms with Crippen molar-refractivity contribution in [1.29, 1.82) is 0 Å². The molecule has 1 saturated carbocycles. The predicted molar refractivity (Wildman–Crippen MR) is 85.8 cm³/mol. The molecular weight excluding hydrogens is 260 g/mol. The lowest BCUT2D eigenvalue weighted by Gasteiger charge is -2.19. The van der Waals surface area contributed by atoms with Gasteiger partial charge in [-0.1, -0.05) is 37.3 Å². The maximum absolute atomic E-state index is 12.2. The third kappa shape index (κ3) is 3.37. The maximum Gasteiger partial charge on any atom is 0.316 e. The van der Waals surface area contributed by atoms with Crippen LogP contribution in [0.2, 0.25) is 0 Å². The van der Waals surface area contributed by atoms with E-state index in [1.165, 1.54) is 5.56 Å². The summed E-state index contributed by atoms with van der Waals surface area (Å²) in [5, 5.41) is 0. The fraction of sp³-hybridized carbons (Fsp3) is 0.526. The van der Waals surface area contributed by atoms with E-state index in [2.05, 4.69) is 31.2 Å². The van der Waals surface area contributed by atoms with Gasteiger partial charge in [-0.15, -0.1) is 0 Å². The third-order valence-corrected chi connectivity index (χ3v) is 4.17. The Labute approximate surface area is 128 Å². The van der Waals surface area contributed by atoms with E-state index < -0.39 is 5.41 Å². The molecule has 1 aliphatic carbocycles. The van der Waals surface area contributed by atoms with Crippen molar-refractivity contribution >= 4 is 5.97 Å². The van der Waals surface area contributed by atoms with Crippen LogP contribution in [0, 0.1) is 17.3 Å². The van der Waals surface area contributed by atoms with E-state index in [-0.39, 0.29) is 5.97 Å². The van der Waals surface area contributed by atoms with Crippen LogP contribution in [-0.4, -0.2) is 5.97 Å². The Bertz CT molecular complexity index is 545. The molecule has 1 fully saturated rings. The smallest absolute Gasteiger partial charge is 0.316 e. The van der Waals surface area contributed by atoms with Gasteiger partial charge in [0.05, 0.1) is 5.41 Å². The highest BCUT2D eigenvalue weighted by Crippen LogP contribution is 2.58. The van der Waals surface area contributed by atoms with Gasteiger partial charge in [-0.3, -0.25) is 4.79 Å². The normalized spacial score (nSPS) is 24.4. The molecular formula is C19H26O2. The highest BCUT2D eigenvalue weighted by Gasteiger charge is 2.51. The van der Waals surface area contributed by atoms with Crippen LogP contribution >= 0.6 is 0 Å². The van der Waals surface area contributed by atoms with Gasteiger partial charge in [-0.05, 0) is 57.6 Å². The van der Waals surface area contributed by atoms with E-state index in [9.17, 15) is 4.79 Å². The number of hydrogen-bond acceptors (Lipinski definition) is 2. The van der Waals surface area contributed by atoms with Gasteiger partial charge in [-0.25, -0.2) is 0 Å². The van der Waals surface area contributed by atoms with Crippen molar-refractivity contribution in [3.8, 4) is 0 Å². The van der Waals surface area contributed by atoms with E-state index in [0.717, 1.165) is 11.3 Å². The van der Waals surface area contributed by atoms with Crippen LogP contribution in [0.15, 0.2) is 41.7 Å². The van der Waals surface area contributed by atoms with Crippen LogP contribution < -0.4 is 0 Å². The van der Waals surface area contributed by atoms with Gasteiger partial charge in [0.2, 0.25) is 0 Å². The first kappa shape index (κ1) is 15.8. The fourth-order valence-electron chi connectivity index (χ4n) is 2.81. The van der Waals surface area contributed by atoms with E-state index in [4.69, 9.17) is 4.74 Å². The molecule has 114 valence electrons. The minimum absolute atomic E-state index is 0.149. The topological polar surface area (TPSA) is 26.3 Å². The molecule has 1 aromatic carbocycles. The summed E-state index contributed by atoms with van der Waals surface area (Å²) in [6, 6.07) is 10.5. The maximum atomic E-state index is 12.2. The molecule has 0 unspecified atom stereocenters. The van der Waals surface area contributed by atoms with Crippen LogP contribution in [0.25, 0.3) is 0 Å². The largest absolute Gasteiger partial charge is 0.430 e. The number of allylic oxidation sites excluding steroid dienone is 2. The number of rotatable bonds is 3. The Morgan fingerprint density at radius 1 is 1.10 bits per heavy atom. The van der Waals surface area contributed by atoms with Crippen molar-refractivity contribution in [2.24, 2.45) is 17.3 Å². The summed E-state index contributed by atoms with van der Waals surface area (Å²) in [7, 11) is 0. The lowest BCUT2D eigenvalue weighted by atomic mass is 9.97. The number of carbonyl (C=O) groups excluding carboxylic acids is 1. The van der Waals surface area contributed by atoms with Crippen molar-refractivity contribution < 1.29 is 9.53 Å². The summed E-state index contributed by atoms with van der Waals surface area (Å²) in [6.07, 6.45) is 0. The third-order valence-electron chi connectivity index (χ3n) is 4.17. The Morgan fingerprint density at radius 2 is 1.67 bits per heavy atom. The number of ether oxygens (including phenoxy) is 1. The standard InChI is InChI=1S/C19H26O2/c1-12(2)17(21-18(20)19(4,5)6)16-13(3)15(16)14-10-8-7-9-11-14/h7-11,13,15-16H,1-6H3/t13-,15-,16-/m1/s1. The van der Waals surface area contributed by atoms with E-state index in [1.54, 1.807) is 0 Å². The summed E-state index contributed by atoms with van der Waals surface area (Å²) in [5.74, 6) is 2.03. The van der Waals surface area contributed by atoms with Crippen molar-refractivity contribution in [3.63, 3.8) is 0 Å². The van der Waals surface area contributed by atoms with Crippen molar-refractivity contribution in [3.05, 3.63) is 47.2 Å². The summed E-state index contributed by atoms with van der Waals surface area (Å²) < 4.78 is 5.76.